The zero-order valence-corrected chi connectivity index (χ0v) is 12.1. The molecule has 1 saturated heterocycles. The highest BCUT2D eigenvalue weighted by Crippen LogP contribution is 2.27. The zero-order chi connectivity index (χ0) is 12.8. The van der Waals surface area contributed by atoms with Crippen LogP contribution in [0.5, 0.6) is 0 Å². The van der Waals surface area contributed by atoms with Gasteiger partial charge in [-0.3, -0.25) is 4.79 Å². The van der Waals surface area contributed by atoms with E-state index >= 15 is 0 Å². The number of hydrogen-bond acceptors (Lipinski definition) is 1. The third-order valence-corrected chi connectivity index (χ3v) is 4.77. The molecule has 1 atom stereocenters. The molecule has 0 aromatic rings. The lowest BCUT2D eigenvalue weighted by molar-refractivity contribution is -0.137. The lowest BCUT2D eigenvalue weighted by Crippen LogP contribution is -2.43. The van der Waals surface area contributed by atoms with Gasteiger partial charge in [0.05, 0.1) is 0 Å². The molecular weight excluding hydrogens is 246 g/mol. The first-order valence-corrected chi connectivity index (χ1v) is 8.19. The SMILES string of the molecule is O=C(C1CCCCCC1)N1CCCC(CCCl)C1. The second-order valence-electron chi connectivity index (χ2n) is 5.96. The van der Waals surface area contributed by atoms with Crippen LogP contribution >= 0.6 is 11.6 Å². The minimum absolute atomic E-state index is 0.322. The summed E-state index contributed by atoms with van der Waals surface area (Å²) in [5, 5.41) is 0. The number of alkyl halides is 1. The Balaban J connectivity index is 1.86. The zero-order valence-electron chi connectivity index (χ0n) is 11.4. The number of rotatable bonds is 3. The summed E-state index contributed by atoms with van der Waals surface area (Å²) in [4.78, 5) is 14.7. The van der Waals surface area contributed by atoms with Crippen molar-refractivity contribution in [3.63, 3.8) is 0 Å². The number of likely N-dealkylation sites (tertiary alicyclic amines) is 1. The van der Waals surface area contributed by atoms with Gasteiger partial charge < -0.3 is 4.90 Å². The monoisotopic (exact) mass is 271 g/mol. The van der Waals surface area contributed by atoms with Crippen LogP contribution in [0.25, 0.3) is 0 Å². The predicted octanol–water partition coefficient (Wildman–Crippen LogP) is 3.82. The number of hydrogen-bond donors (Lipinski definition) is 0. The number of piperidine rings is 1. The maximum Gasteiger partial charge on any atom is 0.225 e. The van der Waals surface area contributed by atoms with Crippen LogP contribution in [0.15, 0.2) is 0 Å². The average Bonchev–Trinajstić information content (AvgIpc) is 2.67. The highest BCUT2D eigenvalue weighted by molar-refractivity contribution is 6.17. The Kier molecular flexibility index (Phi) is 5.81. The van der Waals surface area contributed by atoms with Crippen LogP contribution in [-0.4, -0.2) is 29.8 Å². The van der Waals surface area contributed by atoms with Gasteiger partial charge in [0, 0.05) is 24.9 Å². The molecular formula is C15H26ClNO. The fourth-order valence-electron chi connectivity index (χ4n) is 3.44. The average molecular weight is 272 g/mol. The molecule has 1 saturated carbocycles. The summed E-state index contributed by atoms with van der Waals surface area (Å²) in [7, 11) is 0. The van der Waals surface area contributed by atoms with Gasteiger partial charge in [0.2, 0.25) is 5.91 Å². The number of amides is 1. The molecule has 18 heavy (non-hydrogen) atoms. The minimum Gasteiger partial charge on any atom is -0.342 e. The van der Waals surface area contributed by atoms with Gasteiger partial charge >= 0.3 is 0 Å². The van der Waals surface area contributed by atoms with E-state index in [2.05, 4.69) is 4.90 Å². The summed E-state index contributed by atoms with van der Waals surface area (Å²) in [5.74, 6) is 2.14. The third-order valence-electron chi connectivity index (χ3n) is 4.55. The standard InChI is InChI=1S/C15H26ClNO/c16-10-9-13-6-5-11-17(12-13)15(18)14-7-3-1-2-4-8-14/h13-14H,1-12H2. The molecule has 0 aromatic heterocycles. The maximum absolute atomic E-state index is 12.5. The van der Waals surface area contributed by atoms with Crippen molar-refractivity contribution in [1.29, 1.82) is 0 Å². The first kappa shape index (κ1) is 14.2. The van der Waals surface area contributed by atoms with Gasteiger partial charge in [-0.2, -0.15) is 0 Å². The Labute approximate surface area is 116 Å². The van der Waals surface area contributed by atoms with E-state index in [1.54, 1.807) is 0 Å². The molecule has 1 unspecified atom stereocenters. The molecule has 2 aliphatic rings. The molecule has 1 aliphatic heterocycles. The van der Waals surface area contributed by atoms with Crippen LogP contribution in [0.2, 0.25) is 0 Å². The first-order valence-electron chi connectivity index (χ1n) is 7.66. The molecule has 1 aliphatic carbocycles. The van der Waals surface area contributed by atoms with Crippen LogP contribution in [0.3, 0.4) is 0 Å². The summed E-state index contributed by atoms with van der Waals surface area (Å²) >= 11 is 5.83. The van der Waals surface area contributed by atoms with Crippen LogP contribution in [0.4, 0.5) is 0 Å². The van der Waals surface area contributed by atoms with Gasteiger partial charge in [-0.15, -0.1) is 11.6 Å². The van der Waals surface area contributed by atoms with Gasteiger partial charge in [0.1, 0.15) is 0 Å². The Morgan fingerprint density at radius 2 is 1.78 bits per heavy atom. The number of carbonyl (C=O) groups excluding carboxylic acids is 1. The largest absolute Gasteiger partial charge is 0.342 e. The molecule has 2 rings (SSSR count). The molecule has 2 nitrogen and oxygen atoms in total. The van der Waals surface area contributed by atoms with Crippen molar-refractivity contribution < 1.29 is 4.79 Å². The summed E-state index contributed by atoms with van der Waals surface area (Å²) < 4.78 is 0. The van der Waals surface area contributed by atoms with Gasteiger partial charge in [-0.1, -0.05) is 25.7 Å². The Morgan fingerprint density at radius 3 is 2.44 bits per heavy atom. The van der Waals surface area contributed by atoms with E-state index in [9.17, 15) is 4.79 Å². The number of halogens is 1. The van der Waals surface area contributed by atoms with E-state index in [-0.39, 0.29) is 0 Å². The smallest absolute Gasteiger partial charge is 0.225 e. The quantitative estimate of drug-likeness (QED) is 0.564. The third kappa shape index (κ3) is 3.88. The molecule has 3 heteroatoms. The highest BCUT2D eigenvalue weighted by atomic mass is 35.5. The molecule has 2 fully saturated rings. The normalized spacial score (nSPS) is 26.9. The summed E-state index contributed by atoms with van der Waals surface area (Å²) in [6.07, 6.45) is 10.9. The van der Waals surface area contributed by atoms with Crippen LogP contribution in [-0.2, 0) is 4.79 Å². The van der Waals surface area contributed by atoms with Crippen molar-refractivity contribution in [2.24, 2.45) is 11.8 Å². The highest BCUT2D eigenvalue weighted by Gasteiger charge is 2.28. The summed E-state index contributed by atoms with van der Waals surface area (Å²) in [6.45, 7) is 1.94. The molecule has 0 radical (unpaired) electrons. The molecule has 1 heterocycles. The van der Waals surface area contributed by atoms with Gasteiger partial charge in [0.15, 0.2) is 0 Å². The van der Waals surface area contributed by atoms with Crippen molar-refractivity contribution in [1.82, 2.24) is 4.90 Å². The molecule has 1 amide bonds. The van der Waals surface area contributed by atoms with E-state index in [4.69, 9.17) is 11.6 Å². The second-order valence-corrected chi connectivity index (χ2v) is 6.34. The minimum atomic E-state index is 0.322. The number of nitrogens with zero attached hydrogens (tertiary/aromatic N) is 1. The van der Waals surface area contributed by atoms with Gasteiger partial charge in [-0.05, 0) is 38.0 Å². The van der Waals surface area contributed by atoms with Crippen molar-refractivity contribution in [3.05, 3.63) is 0 Å². The molecule has 0 bridgehead atoms. The lowest BCUT2D eigenvalue weighted by Gasteiger charge is -2.34. The Morgan fingerprint density at radius 1 is 1.06 bits per heavy atom. The Hall–Kier alpha value is -0.240. The van der Waals surface area contributed by atoms with Gasteiger partial charge in [0.25, 0.3) is 0 Å². The predicted molar refractivity (Wildman–Crippen MR) is 75.8 cm³/mol. The molecule has 0 aromatic carbocycles. The van der Waals surface area contributed by atoms with E-state index < -0.39 is 0 Å². The van der Waals surface area contributed by atoms with Crippen molar-refractivity contribution in [3.8, 4) is 0 Å². The fourth-order valence-corrected chi connectivity index (χ4v) is 3.75. The Bertz CT molecular complexity index is 259. The summed E-state index contributed by atoms with van der Waals surface area (Å²) in [5.41, 5.74) is 0. The van der Waals surface area contributed by atoms with Crippen LogP contribution in [0.1, 0.15) is 57.8 Å². The second kappa shape index (κ2) is 7.37. The van der Waals surface area contributed by atoms with Crippen molar-refractivity contribution >= 4 is 17.5 Å². The molecule has 0 N–H and O–H groups in total. The van der Waals surface area contributed by atoms with Gasteiger partial charge in [-0.25, -0.2) is 0 Å². The lowest BCUT2D eigenvalue weighted by atomic mass is 9.92. The molecule has 104 valence electrons. The van der Waals surface area contributed by atoms with Crippen molar-refractivity contribution in [2.75, 3.05) is 19.0 Å². The first-order chi connectivity index (χ1) is 8.81. The van der Waals surface area contributed by atoms with Crippen LogP contribution < -0.4 is 0 Å². The van der Waals surface area contributed by atoms with E-state index in [1.807, 2.05) is 0 Å². The number of carbonyl (C=O) groups is 1. The van der Waals surface area contributed by atoms with Crippen LogP contribution in [0, 0.1) is 11.8 Å². The summed E-state index contributed by atoms with van der Waals surface area (Å²) in [6, 6.07) is 0. The van der Waals surface area contributed by atoms with E-state index in [0.29, 0.717) is 17.7 Å². The fraction of sp³-hybridized carbons (Fsp3) is 0.933. The topological polar surface area (TPSA) is 20.3 Å². The van der Waals surface area contributed by atoms with Crippen molar-refractivity contribution in [2.45, 2.75) is 57.8 Å². The maximum atomic E-state index is 12.5. The van der Waals surface area contributed by atoms with E-state index in [1.165, 1.54) is 38.5 Å². The molecule has 0 spiro atoms. The van der Waals surface area contributed by atoms with E-state index in [0.717, 1.165) is 38.2 Å².